The van der Waals surface area contributed by atoms with E-state index in [2.05, 4.69) is 6.92 Å². The van der Waals surface area contributed by atoms with Crippen LogP contribution >= 0.6 is 0 Å². The van der Waals surface area contributed by atoms with Gasteiger partial charge in [0.05, 0.1) is 0 Å². The van der Waals surface area contributed by atoms with Crippen molar-refractivity contribution in [2.45, 2.75) is 82.5 Å². The molecule has 0 aromatic heterocycles. The molecule has 3 aliphatic rings. The summed E-state index contributed by atoms with van der Waals surface area (Å²) in [6.07, 6.45) is 12.8. The molecule has 0 nitrogen and oxygen atoms in total. The van der Waals surface area contributed by atoms with E-state index in [1.165, 1.54) is 51.0 Å². The van der Waals surface area contributed by atoms with Crippen LogP contribution in [0.5, 0.6) is 0 Å². The lowest BCUT2D eigenvalue weighted by Gasteiger charge is -2.38. The zero-order chi connectivity index (χ0) is 19.9. The van der Waals surface area contributed by atoms with Crippen molar-refractivity contribution >= 4 is 6.08 Å². The molecule has 0 N–H and O–H groups in total. The van der Waals surface area contributed by atoms with Gasteiger partial charge >= 0.3 is 11.8 Å². The van der Waals surface area contributed by atoms with Gasteiger partial charge in [-0.3, -0.25) is 0 Å². The maximum atomic E-state index is 14.1. The summed E-state index contributed by atoms with van der Waals surface area (Å²) in [4.78, 5) is 0. The number of halogens is 4. The number of fused-ring (bicyclic) bond motifs is 1. The molecule has 0 amide bonds. The Balaban J connectivity index is 1.41. The first-order valence-electron chi connectivity index (χ1n) is 10.9. The number of benzene rings is 1. The van der Waals surface area contributed by atoms with E-state index >= 15 is 0 Å². The molecular formula is C24H30F4. The van der Waals surface area contributed by atoms with Crippen LogP contribution in [0.2, 0.25) is 0 Å². The van der Waals surface area contributed by atoms with Crippen LogP contribution in [0, 0.1) is 17.8 Å². The highest BCUT2D eigenvalue weighted by Crippen LogP contribution is 2.50. The summed E-state index contributed by atoms with van der Waals surface area (Å²) >= 11 is 0. The van der Waals surface area contributed by atoms with Crippen LogP contribution < -0.4 is 0 Å². The van der Waals surface area contributed by atoms with E-state index in [0.717, 1.165) is 42.2 Å². The van der Waals surface area contributed by atoms with Crippen molar-refractivity contribution < 1.29 is 17.6 Å². The van der Waals surface area contributed by atoms with Gasteiger partial charge in [0.15, 0.2) is 0 Å². The van der Waals surface area contributed by atoms with Crippen LogP contribution in [0.4, 0.5) is 17.6 Å². The summed E-state index contributed by atoms with van der Waals surface area (Å²) in [5, 5.41) is 0. The summed E-state index contributed by atoms with van der Waals surface area (Å²) in [6, 6.07) is 4.59. The van der Waals surface area contributed by atoms with E-state index in [9.17, 15) is 17.6 Å². The Morgan fingerprint density at radius 2 is 1.46 bits per heavy atom. The summed E-state index contributed by atoms with van der Waals surface area (Å²) < 4.78 is 55.2. The molecule has 1 aromatic carbocycles. The van der Waals surface area contributed by atoms with Gasteiger partial charge in [0.25, 0.3) is 0 Å². The van der Waals surface area contributed by atoms with Crippen LogP contribution in [0.1, 0.15) is 87.3 Å². The SMILES string of the molecule is CCC1CCC(C2CCC(c3ccc4c(c3)C=CC(F)(F)C4(F)F)CC2)CC1. The minimum Gasteiger partial charge on any atom is -0.195 e. The number of hydrogen-bond acceptors (Lipinski definition) is 0. The molecule has 0 heterocycles. The van der Waals surface area contributed by atoms with Gasteiger partial charge in [-0.15, -0.1) is 0 Å². The molecule has 2 fully saturated rings. The molecule has 0 saturated heterocycles. The van der Waals surface area contributed by atoms with Crippen molar-refractivity contribution in [2.24, 2.45) is 17.8 Å². The number of rotatable bonds is 3. The fraction of sp³-hybridized carbons (Fsp3) is 0.667. The molecule has 4 rings (SSSR count). The van der Waals surface area contributed by atoms with E-state index in [1.807, 2.05) is 0 Å². The minimum absolute atomic E-state index is 0.244. The van der Waals surface area contributed by atoms with E-state index in [4.69, 9.17) is 0 Å². The van der Waals surface area contributed by atoms with Gasteiger partial charge in [-0.25, -0.2) is 0 Å². The molecule has 0 unspecified atom stereocenters. The van der Waals surface area contributed by atoms with E-state index in [-0.39, 0.29) is 5.56 Å². The van der Waals surface area contributed by atoms with Crippen molar-refractivity contribution in [1.29, 1.82) is 0 Å². The fourth-order valence-corrected chi connectivity index (χ4v) is 5.73. The maximum Gasteiger partial charge on any atom is 0.339 e. The van der Waals surface area contributed by atoms with Gasteiger partial charge in [-0.1, -0.05) is 50.5 Å². The summed E-state index contributed by atoms with van der Waals surface area (Å²) in [6.45, 7) is 2.29. The van der Waals surface area contributed by atoms with Crippen LogP contribution in [0.3, 0.4) is 0 Å². The fourth-order valence-electron chi connectivity index (χ4n) is 5.73. The normalized spacial score (nSPS) is 34.0. The zero-order valence-electron chi connectivity index (χ0n) is 16.6. The van der Waals surface area contributed by atoms with Gasteiger partial charge in [-0.05, 0) is 79.4 Å². The summed E-state index contributed by atoms with van der Waals surface area (Å²) in [5.41, 5.74) is 0.719. The highest BCUT2D eigenvalue weighted by molar-refractivity contribution is 5.61. The molecule has 0 aliphatic heterocycles. The molecule has 28 heavy (non-hydrogen) atoms. The largest absolute Gasteiger partial charge is 0.339 e. The first kappa shape index (κ1) is 20.0. The predicted octanol–water partition coefficient (Wildman–Crippen LogP) is 7.93. The second kappa shape index (κ2) is 7.50. The molecule has 4 heteroatoms. The molecule has 2 saturated carbocycles. The van der Waals surface area contributed by atoms with Crippen molar-refractivity contribution in [3.05, 3.63) is 41.0 Å². The number of hydrogen-bond donors (Lipinski definition) is 0. The number of allylic oxidation sites excluding steroid dienone is 1. The Labute approximate surface area is 165 Å². The Kier molecular flexibility index (Phi) is 5.35. The summed E-state index contributed by atoms with van der Waals surface area (Å²) in [7, 11) is 0. The quantitative estimate of drug-likeness (QED) is 0.457. The second-order valence-corrected chi connectivity index (χ2v) is 9.18. The Morgan fingerprint density at radius 3 is 2.07 bits per heavy atom. The van der Waals surface area contributed by atoms with Gasteiger partial charge in [0.2, 0.25) is 0 Å². The van der Waals surface area contributed by atoms with E-state index in [0.29, 0.717) is 12.0 Å². The van der Waals surface area contributed by atoms with Gasteiger partial charge in [-0.2, -0.15) is 17.6 Å². The third kappa shape index (κ3) is 3.52. The third-order valence-electron chi connectivity index (χ3n) is 7.68. The lowest BCUT2D eigenvalue weighted by Crippen LogP contribution is -2.38. The van der Waals surface area contributed by atoms with Gasteiger partial charge < -0.3 is 0 Å². The van der Waals surface area contributed by atoms with E-state index in [1.54, 1.807) is 12.1 Å². The molecule has 0 atom stereocenters. The van der Waals surface area contributed by atoms with Crippen LogP contribution in [-0.2, 0) is 5.92 Å². The van der Waals surface area contributed by atoms with Crippen molar-refractivity contribution in [1.82, 2.24) is 0 Å². The Bertz CT molecular complexity index is 720. The first-order chi connectivity index (χ1) is 13.3. The molecule has 0 radical (unpaired) electrons. The highest BCUT2D eigenvalue weighted by Gasteiger charge is 2.58. The van der Waals surface area contributed by atoms with Crippen LogP contribution in [0.15, 0.2) is 24.3 Å². The average molecular weight is 394 g/mol. The standard InChI is InChI=1S/C24H30F4/c1-2-16-3-5-17(6-4-16)18-7-9-19(10-8-18)20-11-12-22-21(15-20)13-14-23(25,26)24(22,27)28/h11-19H,2-10H2,1H3. The Morgan fingerprint density at radius 1 is 0.857 bits per heavy atom. The monoisotopic (exact) mass is 394 g/mol. The van der Waals surface area contributed by atoms with Crippen molar-refractivity contribution in [2.75, 3.05) is 0 Å². The topological polar surface area (TPSA) is 0 Å². The molecule has 0 bridgehead atoms. The Hall–Kier alpha value is -1.32. The molecule has 154 valence electrons. The summed E-state index contributed by atoms with van der Waals surface area (Å²) in [5.74, 6) is -5.31. The van der Waals surface area contributed by atoms with Crippen LogP contribution in [-0.4, -0.2) is 5.92 Å². The van der Waals surface area contributed by atoms with Crippen LogP contribution in [0.25, 0.3) is 6.08 Å². The highest BCUT2D eigenvalue weighted by atomic mass is 19.3. The lowest BCUT2D eigenvalue weighted by atomic mass is 9.68. The third-order valence-corrected chi connectivity index (χ3v) is 7.68. The van der Waals surface area contributed by atoms with Crippen molar-refractivity contribution in [3.63, 3.8) is 0 Å². The predicted molar refractivity (Wildman–Crippen MR) is 105 cm³/mol. The lowest BCUT2D eigenvalue weighted by molar-refractivity contribution is -0.187. The van der Waals surface area contributed by atoms with E-state index < -0.39 is 17.4 Å². The van der Waals surface area contributed by atoms with Gasteiger partial charge in [0.1, 0.15) is 0 Å². The van der Waals surface area contributed by atoms with Crippen molar-refractivity contribution in [3.8, 4) is 0 Å². The average Bonchev–Trinajstić information content (AvgIpc) is 2.71. The first-order valence-corrected chi connectivity index (χ1v) is 10.9. The maximum absolute atomic E-state index is 14.1. The molecule has 1 aromatic rings. The molecule has 0 spiro atoms. The smallest absolute Gasteiger partial charge is 0.195 e. The molecular weight excluding hydrogens is 364 g/mol. The minimum atomic E-state index is -4.13. The second-order valence-electron chi connectivity index (χ2n) is 9.18. The molecule has 3 aliphatic carbocycles. The zero-order valence-corrected chi connectivity index (χ0v) is 16.6. The number of alkyl halides is 4. The van der Waals surface area contributed by atoms with Gasteiger partial charge in [0, 0.05) is 5.56 Å².